The maximum absolute atomic E-state index is 5.64. The van der Waals surface area contributed by atoms with Crippen LogP contribution in [0.4, 0.5) is 0 Å². The number of hydrogen-bond donors (Lipinski definition) is 0. The number of benzene rings is 1. The Hall–Kier alpha value is -0.210. The molecule has 1 aromatic rings. The fraction of sp³-hybridized carbons (Fsp3) is 0.500. The summed E-state index contributed by atoms with van der Waals surface area (Å²) in [5.41, 5.74) is 0. The van der Waals surface area contributed by atoms with Crippen LogP contribution < -0.4 is 4.74 Å². The molecule has 1 nitrogen and oxygen atoms in total. The van der Waals surface area contributed by atoms with Crippen molar-refractivity contribution in [3.8, 4) is 5.75 Å². The van der Waals surface area contributed by atoms with Gasteiger partial charge in [0.2, 0.25) is 0 Å². The Kier molecular flexibility index (Phi) is 6.86. The van der Waals surface area contributed by atoms with E-state index in [0.29, 0.717) is 0 Å². The second-order valence-corrected chi connectivity index (χ2v) is 4.61. The van der Waals surface area contributed by atoms with Crippen molar-refractivity contribution in [2.45, 2.75) is 25.7 Å². The zero-order chi connectivity index (χ0) is 10.9. The first-order valence-corrected chi connectivity index (χ1v) is 6.60. The van der Waals surface area contributed by atoms with E-state index in [1.807, 2.05) is 24.3 Å². The lowest BCUT2D eigenvalue weighted by atomic mass is 10.2. The Balaban J connectivity index is 2.12. The van der Waals surface area contributed by atoms with Crippen LogP contribution in [-0.4, -0.2) is 12.5 Å². The van der Waals surface area contributed by atoms with Gasteiger partial charge in [0, 0.05) is 5.88 Å². The maximum atomic E-state index is 5.64. The largest absolute Gasteiger partial charge is 0.492 e. The van der Waals surface area contributed by atoms with E-state index in [9.17, 15) is 0 Å². The molecule has 0 radical (unpaired) electrons. The summed E-state index contributed by atoms with van der Waals surface area (Å²) in [5.74, 6) is 1.69. The summed E-state index contributed by atoms with van der Waals surface area (Å²) in [5, 5.41) is 0. The molecule has 0 N–H and O–H groups in total. The molecule has 0 aliphatic heterocycles. The number of ether oxygens (including phenoxy) is 1. The normalized spacial score (nSPS) is 10.3. The summed E-state index contributed by atoms with van der Waals surface area (Å²) in [6.45, 7) is 0.783. The van der Waals surface area contributed by atoms with Crippen molar-refractivity contribution in [2.75, 3.05) is 12.5 Å². The van der Waals surface area contributed by atoms with Crippen LogP contribution in [0.2, 0.25) is 0 Å². The van der Waals surface area contributed by atoms with E-state index in [2.05, 4.69) is 15.9 Å². The molecule has 0 aromatic heterocycles. The number of alkyl halides is 1. The first-order chi connectivity index (χ1) is 7.34. The Morgan fingerprint density at radius 1 is 1.07 bits per heavy atom. The van der Waals surface area contributed by atoms with Crippen molar-refractivity contribution in [1.29, 1.82) is 0 Å². The highest BCUT2D eigenvalue weighted by Gasteiger charge is 1.98. The van der Waals surface area contributed by atoms with Crippen LogP contribution in [0.15, 0.2) is 28.7 Å². The van der Waals surface area contributed by atoms with E-state index in [4.69, 9.17) is 16.3 Å². The minimum absolute atomic E-state index is 0.769. The van der Waals surface area contributed by atoms with Crippen LogP contribution in [-0.2, 0) is 0 Å². The van der Waals surface area contributed by atoms with Gasteiger partial charge in [-0.05, 0) is 40.9 Å². The highest BCUT2D eigenvalue weighted by atomic mass is 79.9. The minimum atomic E-state index is 0.769. The fourth-order valence-electron chi connectivity index (χ4n) is 1.29. The van der Waals surface area contributed by atoms with Crippen molar-refractivity contribution >= 4 is 27.5 Å². The predicted molar refractivity (Wildman–Crippen MR) is 68.8 cm³/mol. The molecule has 0 fully saturated rings. The summed E-state index contributed by atoms with van der Waals surface area (Å²) in [4.78, 5) is 0. The molecule has 3 heteroatoms. The van der Waals surface area contributed by atoms with E-state index in [1.54, 1.807) is 0 Å². The zero-order valence-corrected chi connectivity index (χ0v) is 11.1. The third-order valence-electron chi connectivity index (χ3n) is 2.12. The molecular weight excluding hydrogens is 275 g/mol. The van der Waals surface area contributed by atoms with Gasteiger partial charge < -0.3 is 4.74 Å². The molecule has 0 amide bonds. The van der Waals surface area contributed by atoms with E-state index in [1.165, 1.54) is 12.8 Å². The maximum Gasteiger partial charge on any atom is 0.133 e. The van der Waals surface area contributed by atoms with E-state index < -0.39 is 0 Å². The molecule has 0 bridgehead atoms. The van der Waals surface area contributed by atoms with Crippen molar-refractivity contribution < 1.29 is 4.74 Å². The average molecular weight is 292 g/mol. The number of rotatable bonds is 7. The molecule has 0 spiro atoms. The third-order valence-corrected chi connectivity index (χ3v) is 3.04. The quantitative estimate of drug-likeness (QED) is 0.526. The second-order valence-electron chi connectivity index (χ2n) is 3.38. The summed E-state index contributed by atoms with van der Waals surface area (Å²) >= 11 is 9.04. The van der Waals surface area contributed by atoms with Gasteiger partial charge in [0.1, 0.15) is 5.75 Å². The standard InChI is InChI=1S/C12H16BrClO/c13-11-7-3-4-8-12(11)15-10-6-2-1-5-9-14/h3-4,7-8H,1-2,5-6,9-10H2. The SMILES string of the molecule is ClCCCCCCOc1ccccc1Br. The van der Waals surface area contributed by atoms with Crippen molar-refractivity contribution in [2.24, 2.45) is 0 Å². The van der Waals surface area contributed by atoms with Crippen molar-refractivity contribution in [1.82, 2.24) is 0 Å². The summed E-state index contributed by atoms with van der Waals surface area (Å²) in [7, 11) is 0. The zero-order valence-electron chi connectivity index (χ0n) is 8.72. The Morgan fingerprint density at radius 3 is 2.53 bits per heavy atom. The lowest BCUT2D eigenvalue weighted by molar-refractivity contribution is 0.303. The van der Waals surface area contributed by atoms with Crippen molar-refractivity contribution in [3.63, 3.8) is 0 Å². The predicted octanol–water partition coefficient (Wildman–Crippen LogP) is 4.63. The first-order valence-electron chi connectivity index (χ1n) is 5.28. The highest BCUT2D eigenvalue weighted by Crippen LogP contribution is 2.23. The topological polar surface area (TPSA) is 9.23 Å². The lowest BCUT2D eigenvalue weighted by Crippen LogP contribution is -1.97. The molecule has 1 aromatic carbocycles. The van der Waals surface area contributed by atoms with Crippen LogP contribution >= 0.6 is 27.5 Å². The van der Waals surface area contributed by atoms with Gasteiger partial charge in [-0.1, -0.05) is 25.0 Å². The molecule has 0 heterocycles. The number of halogens is 2. The Morgan fingerprint density at radius 2 is 1.80 bits per heavy atom. The molecule has 1 rings (SSSR count). The number of hydrogen-bond acceptors (Lipinski definition) is 1. The second kappa shape index (κ2) is 8.00. The van der Waals surface area contributed by atoms with Crippen molar-refractivity contribution in [3.05, 3.63) is 28.7 Å². The molecule has 15 heavy (non-hydrogen) atoms. The van der Waals surface area contributed by atoms with Crippen LogP contribution in [0.5, 0.6) is 5.75 Å². The van der Waals surface area contributed by atoms with Crippen LogP contribution in [0, 0.1) is 0 Å². The van der Waals surface area contributed by atoms with Gasteiger partial charge in [0.25, 0.3) is 0 Å². The highest BCUT2D eigenvalue weighted by molar-refractivity contribution is 9.10. The minimum Gasteiger partial charge on any atom is -0.492 e. The molecule has 0 aliphatic rings. The van der Waals surface area contributed by atoms with Gasteiger partial charge in [0.05, 0.1) is 11.1 Å². The van der Waals surface area contributed by atoms with E-state index >= 15 is 0 Å². The van der Waals surface area contributed by atoms with Gasteiger partial charge in [0.15, 0.2) is 0 Å². The number of unbranched alkanes of at least 4 members (excludes halogenated alkanes) is 3. The van der Waals surface area contributed by atoms with Gasteiger partial charge in [-0.2, -0.15) is 0 Å². The smallest absolute Gasteiger partial charge is 0.133 e. The average Bonchev–Trinajstić information content (AvgIpc) is 2.25. The van der Waals surface area contributed by atoms with E-state index in [0.717, 1.165) is 35.6 Å². The van der Waals surface area contributed by atoms with Crippen LogP contribution in [0.3, 0.4) is 0 Å². The van der Waals surface area contributed by atoms with Gasteiger partial charge in [-0.15, -0.1) is 11.6 Å². The molecule has 0 saturated heterocycles. The van der Waals surface area contributed by atoms with Gasteiger partial charge in [-0.25, -0.2) is 0 Å². The molecule has 0 atom stereocenters. The molecule has 0 unspecified atom stereocenters. The third kappa shape index (κ3) is 5.43. The Bertz CT molecular complexity index is 278. The molecule has 84 valence electrons. The van der Waals surface area contributed by atoms with Crippen LogP contribution in [0.1, 0.15) is 25.7 Å². The summed E-state index contributed by atoms with van der Waals surface area (Å²) in [6.07, 6.45) is 4.59. The molecule has 0 aliphatic carbocycles. The summed E-state index contributed by atoms with van der Waals surface area (Å²) in [6, 6.07) is 7.93. The monoisotopic (exact) mass is 290 g/mol. The number of para-hydroxylation sites is 1. The Labute approximate surface area is 105 Å². The first kappa shape index (κ1) is 12.9. The summed E-state index contributed by atoms with van der Waals surface area (Å²) < 4.78 is 6.66. The van der Waals surface area contributed by atoms with Gasteiger partial charge >= 0.3 is 0 Å². The molecular formula is C12H16BrClO. The van der Waals surface area contributed by atoms with E-state index in [-0.39, 0.29) is 0 Å². The lowest BCUT2D eigenvalue weighted by Gasteiger charge is -2.07. The molecule has 0 saturated carbocycles. The van der Waals surface area contributed by atoms with Crippen LogP contribution in [0.25, 0.3) is 0 Å². The van der Waals surface area contributed by atoms with Gasteiger partial charge in [-0.3, -0.25) is 0 Å². The fourth-order valence-corrected chi connectivity index (χ4v) is 1.88.